The minimum atomic E-state index is -3.69. The zero-order chi connectivity index (χ0) is 15.6. The highest BCUT2D eigenvalue weighted by atomic mass is 32.2. The fourth-order valence-electron chi connectivity index (χ4n) is 2.11. The van der Waals surface area contributed by atoms with Gasteiger partial charge in [0, 0.05) is 25.2 Å². The molecule has 0 saturated heterocycles. The van der Waals surface area contributed by atoms with Gasteiger partial charge in [0.1, 0.15) is 0 Å². The smallest absolute Gasteiger partial charge is 0.262 e. The maximum absolute atomic E-state index is 12.4. The molecule has 1 aliphatic rings. The second kappa shape index (κ2) is 5.88. The number of anilines is 1. The van der Waals surface area contributed by atoms with Crippen LogP contribution in [0.5, 0.6) is 11.5 Å². The fourth-order valence-corrected chi connectivity index (χ4v) is 3.16. The van der Waals surface area contributed by atoms with Crippen LogP contribution in [0.4, 0.5) is 5.69 Å². The maximum atomic E-state index is 12.4. The molecule has 0 saturated carbocycles. The summed E-state index contributed by atoms with van der Waals surface area (Å²) in [6.45, 7) is 3.67. The predicted molar refractivity (Wildman–Crippen MR) is 80.8 cm³/mol. The highest BCUT2D eigenvalue weighted by Gasteiger charge is 2.19. The van der Waals surface area contributed by atoms with E-state index in [1.165, 1.54) is 18.3 Å². The summed E-state index contributed by atoms with van der Waals surface area (Å²) in [7, 11) is -3.69. The maximum Gasteiger partial charge on any atom is 0.262 e. The number of nitrogens with zero attached hydrogens (tertiary/aromatic N) is 2. The summed E-state index contributed by atoms with van der Waals surface area (Å²) in [6, 6.07) is 4.60. The highest BCUT2D eigenvalue weighted by molar-refractivity contribution is 7.92. The van der Waals surface area contributed by atoms with Gasteiger partial charge in [-0.25, -0.2) is 8.42 Å². The van der Waals surface area contributed by atoms with Gasteiger partial charge >= 0.3 is 0 Å². The van der Waals surface area contributed by atoms with E-state index in [4.69, 9.17) is 9.47 Å². The first-order valence-corrected chi connectivity index (χ1v) is 8.52. The third-order valence-corrected chi connectivity index (χ3v) is 4.62. The Balaban J connectivity index is 1.87. The molecule has 0 bridgehead atoms. The predicted octanol–water partition coefficient (Wildman–Crippen LogP) is 1.87. The number of benzene rings is 1. The van der Waals surface area contributed by atoms with Crippen molar-refractivity contribution in [1.82, 2.24) is 9.78 Å². The molecule has 7 nitrogen and oxygen atoms in total. The van der Waals surface area contributed by atoms with Gasteiger partial charge in [0.2, 0.25) is 0 Å². The first kappa shape index (κ1) is 14.7. The molecular weight excluding hydrogens is 306 g/mol. The molecular formula is C14H17N3O4S. The van der Waals surface area contributed by atoms with E-state index in [1.807, 2.05) is 6.92 Å². The lowest BCUT2D eigenvalue weighted by Crippen LogP contribution is -2.12. The Bertz CT molecular complexity index is 770. The van der Waals surface area contributed by atoms with Crippen molar-refractivity contribution in [2.75, 3.05) is 17.9 Å². The van der Waals surface area contributed by atoms with Gasteiger partial charge in [-0.2, -0.15) is 5.10 Å². The Morgan fingerprint density at radius 3 is 2.77 bits per heavy atom. The van der Waals surface area contributed by atoms with Crippen LogP contribution in [0.3, 0.4) is 0 Å². The zero-order valence-corrected chi connectivity index (χ0v) is 13.0. The molecule has 0 unspecified atom stereocenters. The molecule has 0 fully saturated rings. The molecule has 3 rings (SSSR count). The fraction of sp³-hybridized carbons (Fsp3) is 0.357. The number of hydrogen-bond donors (Lipinski definition) is 1. The third kappa shape index (κ3) is 3.01. The topological polar surface area (TPSA) is 82.5 Å². The van der Waals surface area contributed by atoms with Crippen molar-refractivity contribution in [2.45, 2.75) is 24.8 Å². The van der Waals surface area contributed by atoms with Crippen molar-refractivity contribution in [3.8, 4) is 11.5 Å². The van der Waals surface area contributed by atoms with Crippen molar-refractivity contribution >= 4 is 15.7 Å². The van der Waals surface area contributed by atoms with E-state index in [2.05, 4.69) is 9.82 Å². The molecule has 1 aliphatic heterocycles. The quantitative estimate of drug-likeness (QED) is 0.929. The summed E-state index contributed by atoms with van der Waals surface area (Å²) in [6.07, 6.45) is 3.88. The summed E-state index contributed by atoms with van der Waals surface area (Å²) < 4.78 is 40.0. The SMILES string of the molecule is CCn1cc(NS(=O)(=O)c2ccc3c(c2)OCCCO3)cn1. The van der Waals surface area contributed by atoms with Crippen molar-refractivity contribution in [2.24, 2.45) is 0 Å². The second-order valence-corrected chi connectivity index (χ2v) is 6.53. The van der Waals surface area contributed by atoms with Crippen molar-refractivity contribution in [3.05, 3.63) is 30.6 Å². The van der Waals surface area contributed by atoms with Gasteiger partial charge in [0.25, 0.3) is 10.0 Å². The lowest BCUT2D eigenvalue weighted by Gasteiger charge is -2.10. The van der Waals surface area contributed by atoms with E-state index < -0.39 is 10.0 Å². The van der Waals surface area contributed by atoms with E-state index in [0.717, 1.165) is 6.42 Å². The molecule has 2 heterocycles. The molecule has 0 radical (unpaired) electrons. The first-order valence-electron chi connectivity index (χ1n) is 7.03. The molecule has 1 aromatic heterocycles. The molecule has 118 valence electrons. The lowest BCUT2D eigenvalue weighted by atomic mass is 10.3. The monoisotopic (exact) mass is 323 g/mol. The van der Waals surface area contributed by atoms with Crippen molar-refractivity contribution in [3.63, 3.8) is 0 Å². The Hall–Kier alpha value is -2.22. The minimum absolute atomic E-state index is 0.126. The highest BCUT2D eigenvalue weighted by Crippen LogP contribution is 2.32. The number of aryl methyl sites for hydroxylation is 1. The molecule has 2 aromatic rings. The zero-order valence-electron chi connectivity index (χ0n) is 12.2. The molecule has 8 heteroatoms. The van der Waals surface area contributed by atoms with Crippen LogP contribution in [0.15, 0.2) is 35.5 Å². The number of nitrogens with one attached hydrogen (secondary N) is 1. The second-order valence-electron chi connectivity index (χ2n) is 4.85. The Labute approximate surface area is 128 Å². The Morgan fingerprint density at radius 1 is 1.27 bits per heavy atom. The summed E-state index contributed by atoms with van der Waals surface area (Å²) in [5.74, 6) is 1.01. The van der Waals surface area contributed by atoms with Crippen LogP contribution in [-0.4, -0.2) is 31.4 Å². The number of fused-ring (bicyclic) bond motifs is 1. The standard InChI is InChI=1S/C14H17N3O4S/c1-2-17-10-11(9-15-17)16-22(18,19)12-4-5-13-14(8-12)21-7-3-6-20-13/h4-5,8-10,16H,2-3,6-7H2,1H3. The van der Waals surface area contributed by atoms with Crippen LogP contribution >= 0.6 is 0 Å². The van der Waals surface area contributed by atoms with Crippen LogP contribution in [0.2, 0.25) is 0 Å². The van der Waals surface area contributed by atoms with Gasteiger partial charge in [-0.15, -0.1) is 0 Å². The third-order valence-electron chi connectivity index (χ3n) is 3.24. The number of hydrogen-bond acceptors (Lipinski definition) is 5. The summed E-state index contributed by atoms with van der Waals surface area (Å²) in [4.78, 5) is 0.126. The van der Waals surface area contributed by atoms with E-state index in [-0.39, 0.29) is 4.90 Å². The average molecular weight is 323 g/mol. The van der Waals surface area contributed by atoms with Crippen LogP contribution < -0.4 is 14.2 Å². The van der Waals surface area contributed by atoms with E-state index >= 15 is 0 Å². The van der Waals surface area contributed by atoms with Crippen molar-refractivity contribution < 1.29 is 17.9 Å². The minimum Gasteiger partial charge on any atom is -0.490 e. The summed E-state index contributed by atoms with van der Waals surface area (Å²) in [5, 5.41) is 4.04. The molecule has 1 aromatic carbocycles. The first-order chi connectivity index (χ1) is 10.6. The van der Waals surface area contributed by atoms with Gasteiger partial charge in [-0.3, -0.25) is 9.40 Å². The van der Waals surface area contributed by atoms with E-state index in [0.29, 0.717) is 36.9 Å². The van der Waals surface area contributed by atoms with Gasteiger partial charge in [-0.1, -0.05) is 0 Å². The molecule has 1 N–H and O–H groups in total. The normalized spacial score (nSPS) is 14.4. The van der Waals surface area contributed by atoms with Crippen LogP contribution in [-0.2, 0) is 16.6 Å². The molecule has 0 spiro atoms. The van der Waals surface area contributed by atoms with Crippen LogP contribution in [0.1, 0.15) is 13.3 Å². The van der Waals surface area contributed by atoms with Gasteiger partial charge in [0.15, 0.2) is 11.5 Å². The van der Waals surface area contributed by atoms with E-state index in [9.17, 15) is 8.42 Å². The van der Waals surface area contributed by atoms with E-state index in [1.54, 1.807) is 16.9 Å². The largest absolute Gasteiger partial charge is 0.490 e. The Morgan fingerprint density at radius 2 is 2.05 bits per heavy atom. The lowest BCUT2D eigenvalue weighted by molar-refractivity contribution is 0.297. The van der Waals surface area contributed by atoms with Crippen LogP contribution in [0, 0.1) is 0 Å². The number of aromatic nitrogens is 2. The van der Waals surface area contributed by atoms with Crippen LogP contribution in [0.25, 0.3) is 0 Å². The van der Waals surface area contributed by atoms with Gasteiger partial charge in [0.05, 0.1) is 30.0 Å². The van der Waals surface area contributed by atoms with Gasteiger partial charge in [-0.05, 0) is 19.1 Å². The molecule has 0 amide bonds. The number of ether oxygens (including phenoxy) is 2. The molecule has 0 aliphatic carbocycles. The summed E-state index contributed by atoms with van der Waals surface area (Å²) >= 11 is 0. The average Bonchev–Trinajstić information content (AvgIpc) is 2.81. The molecule has 0 atom stereocenters. The molecule has 22 heavy (non-hydrogen) atoms. The van der Waals surface area contributed by atoms with Gasteiger partial charge < -0.3 is 9.47 Å². The summed E-state index contributed by atoms with van der Waals surface area (Å²) in [5.41, 5.74) is 0.425. The number of sulfonamides is 1. The number of rotatable bonds is 4. The Kier molecular flexibility index (Phi) is 3.93. The van der Waals surface area contributed by atoms with Crippen molar-refractivity contribution in [1.29, 1.82) is 0 Å².